The van der Waals surface area contributed by atoms with Crippen molar-refractivity contribution in [1.29, 1.82) is 0 Å². The zero-order valence-electron chi connectivity index (χ0n) is 9.03. The van der Waals surface area contributed by atoms with Crippen LogP contribution in [0.15, 0.2) is 28.8 Å². The fourth-order valence-corrected chi connectivity index (χ4v) is 1.48. The van der Waals surface area contributed by atoms with Gasteiger partial charge in [0.25, 0.3) is 0 Å². The Morgan fingerprint density at radius 1 is 1.33 bits per heavy atom. The van der Waals surface area contributed by atoms with Gasteiger partial charge in [0, 0.05) is 12.5 Å². The third kappa shape index (κ3) is 2.26. The summed E-state index contributed by atoms with van der Waals surface area (Å²) in [6.07, 6.45) is 1.99. The zero-order valence-corrected chi connectivity index (χ0v) is 9.03. The summed E-state index contributed by atoms with van der Waals surface area (Å²) in [4.78, 5) is 4.39. The number of aromatic nitrogens is 2. The first-order valence-corrected chi connectivity index (χ1v) is 5.19. The molecule has 0 radical (unpaired) electrons. The highest BCUT2D eigenvalue weighted by Crippen LogP contribution is 2.16. The highest BCUT2D eigenvalue weighted by atomic mass is 16.5. The molecule has 0 aliphatic rings. The summed E-state index contributed by atoms with van der Waals surface area (Å²) in [6.45, 7) is 2.12. The molecule has 0 fully saturated rings. The molecule has 3 nitrogen and oxygen atoms in total. The van der Waals surface area contributed by atoms with Crippen molar-refractivity contribution < 1.29 is 4.52 Å². The van der Waals surface area contributed by atoms with Crippen LogP contribution in [0.4, 0.5) is 0 Å². The predicted octanol–water partition coefficient (Wildman–Crippen LogP) is 0.948. The fourth-order valence-electron chi connectivity index (χ4n) is 1.48. The number of nitrogens with zero attached hydrogens (tertiary/aromatic N) is 2. The summed E-state index contributed by atoms with van der Waals surface area (Å²) < 4.78 is 5.21. The van der Waals surface area contributed by atoms with E-state index >= 15 is 0 Å². The van der Waals surface area contributed by atoms with Crippen LogP contribution in [-0.2, 0) is 6.42 Å². The van der Waals surface area contributed by atoms with Crippen LogP contribution in [0, 0.1) is 0 Å². The predicted molar refractivity (Wildman–Crippen MR) is 61.9 cm³/mol. The highest BCUT2D eigenvalue weighted by Gasteiger charge is 2.06. The van der Waals surface area contributed by atoms with Crippen molar-refractivity contribution in [2.75, 3.05) is 0 Å². The van der Waals surface area contributed by atoms with E-state index in [1.54, 1.807) is 0 Å². The van der Waals surface area contributed by atoms with Crippen LogP contribution in [0.25, 0.3) is 11.4 Å². The van der Waals surface area contributed by atoms with Crippen molar-refractivity contribution in [3.05, 3.63) is 30.0 Å². The molecule has 0 aromatic carbocycles. The minimum Gasteiger partial charge on any atom is -0.361 e. The molecule has 0 amide bonds. The van der Waals surface area contributed by atoms with E-state index in [2.05, 4.69) is 17.1 Å². The number of hydrogen-bond donors (Lipinski definition) is 0. The minimum atomic E-state index is 0.821. The standard InChI is InChI=1S/C11H13BN2O/c1-2-4-8-7-10(14-15-8)9-5-3-6-11(12)13-9/h3,5-7H,2,4,12H2,1H3. The molecule has 4 heteroatoms. The van der Waals surface area contributed by atoms with Gasteiger partial charge in [-0.15, -0.1) is 0 Å². The molecule has 0 saturated heterocycles. The van der Waals surface area contributed by atoms with E-state index in [4.69, 9.17) is 4.52 Å². The fraction of sp³-hybridized carbons (Fsp3) is 0.273. The molecule has 0 atom stereocenters. The van der Waals surface area contributed by atoms with Gasteiger partial charge in [-0.2, -0.15) is 0 Å². The SMILES string of the molecule is Bc1cccc(-c2cc(CCC)on2)n1. The Hall–Kier alpha value is -1.58. The van der Waals surface area contributed by atoms with E-state index in [0.717, 1.165) is 35.6 Å². The molecular weight excluding hydrogens is 187 g/mol. The first-order chi connectivity index (χ1) is 7.29. The van der Waals surface area contributed by atoms with Gasteiger partial charge >= 0.3 is 0 Å². The van der Waals surface area contributed by atoms with Gasteiger partial charge < -0.3 is 4.52 Å². The van der Waals surface area contributed by atoms with Crippen molar-refractivity contribution in [3.63, 3.8) is 0 Å². The minimum absolute atomic E-state index is 0.821. The maximum atomic E-state index is 5.21. The van der Waals surface area contributed by atoms with Gasteiger partial charge in [0.15, 0.2) is 7.85 Å². The van der Waals surface area contributed by atoms with Gasteiger partial charge in [-0.25, -0.2) is 0 Å². The van der Waals surface area contributed by atoms with Crippen LogP contribution in [0.1, 0.15) is 19.1 Å². The molecule has 2 aromatic rings. The Labute approximate surface area is 89.9 Å². The molecule has 0 unspecified atom stereocenters. The summed E-state index contributed by atoms with van der Waals surface area (Å²) in [5.74, 6) is 0.927. The monoisotopic (exact) mass is 200 g/mol. The molecule has 2 aromatic heterocycles. The molecule has 15 heavy (non-hydrogen) atoms. The van der Waals surface area contributed by atoms with E-state index in [0.29, 0.717) is 0 Å². The molecule has 2 rings (SSSR count). The van der Waals surface area contributed by atoms with Gasteiger partial charge in [-0.1, -0.05) is 24.2 Å². The van der Waals surface area contributed by atoms with Crippen molar-refractivity contribution in [3.8, 4) is 11.4 Å². The second-order valence-corrected chi connectivity index (χ2v) is 3.59. The Morgan fingerprint density at radius 3 is 2.93 bits per heavy atom. The third-order valence-electron chi connectivity index (χ3n) is 2.21. The third-order valence-corrected chi connectivity index (χ3v) is 2.21. The molecule has 0 N–H and O–H groups in total. The van der Waals surface area contributed by atoms with Crippen LogP contribution in [0.3, 0.4) is 0 Å². The van der Waals surface area contributed by atoms with Crippen molar-refractivity contribution in [2.45, 2.75) is 19.8 Å². The van der Waals surface area contributed by atoms with Gasteiger partial charge in [0.1, 0.15) is 11.5 Å². The van der Waals surface area contributed by atoms with E-state index in [9.17, 15) is 0 Å². The molecule has 0 bridgehead atoms. The molecular formula is C11H13BN2O. The van der Waals surface area contributed by atoms with E-state index in [-0.39, 0.29) is 0 Å². The largest absolute Gasteiger partial charge is 0.361 e. The molecule has 0 aliphatic carbocycles. The average Bonchev–Trinajstić information content (AvgIpc) is 2.67. The van der Waals surface area contributed by atoms with Gasteiger partial charge in [-0.05, 0) is 18.1 Å². The van der Waals surface area contributed by atoms with E-state index in [1.165, 1.54) is 0 Å². The maximum absolute atomic E-state index is 5.21. The quantitative estimate of drug-likeness (QED) is 0.692. The normalized spacial score (nSPS) is 10.5. The lowest BCUT2D eigenvalue weighted by atomic mass is 10.0. The van der Waals surface area contributed by atoms with Crippen molar-refractivity contribution >= 4 is 13.4 Å². The molecule has 0 spiro atoms. The summed E-state index contributed by atoms with van der Waals surface area (Å²) in [5, 5.41) is 4.01. The maximum Gasteiger partial charge on any atom is 0.163 e. The summed E-state index contributed by atoms with van der Waals surface area (Å²) in [7, 11) is 1.97. The molecule has 0 aliphatic heterocycles. The molecule has 2 heterocycles. The lowest BCUT2D eigenvalue weighted by molar-refractivity contribution is 0.384. The summed E-state index contributed by atoms with van der Waals surface area (Å²) >= 11 is 0. The Bertz CT molecular complexity index is 453. The first kappa shape index (κ1) is 9.96. The molecule has 0 saturated carbocycles. The van der Waals surface area contributed by atoms with Crippen molar-refractivity contribution in [2.24, 2.45) is 0 Å². The van der Waals surface area contributed by atoms with Crippen LogP contribution < -0.4 is 5.59 Å². The number of pyridine rings is 1. The van der Waals surface area contributed by atoms with Crippen molar-refractivity contribution in [1.82, 2.24) is 10.1 Å². The topological polar surface area (TPSA) is 38.9 Å². The second kappa shape index (κ2) is 4.30. The van der Waals surface area contributed by atoms with Gasteiger partial charge in [-0.3, -0.25) is 4.98 Å². The van der Waals surface area contributed by atoms with Crippen LogP contribution in [0.5, 0.6) is 0 Å². The number of rotatable bonds is 3. The summed E-state index contributed by atoms with van der Waals surface area (Å²) in [5.41, 5.74) is 2.69. The first-order valence-electron chi connectivity index (χ1n) is 5.19. The number of aryl methyl sites for hydroxylation is 1. The van der Waals surface area contributed by atoms with Crippen LogP contribution in [0.2, 0.25) is 0 Å². The Kier molecular flexibility index (Phi) is 2.85. The van der Waals surface area contributed by atoms with E-state index in [1.807, 2.05) is 32.1 Å². The second-order valence-electron chi connectivity index (χ2n) is 3.59. The van der Waals surface area contributed by atoms with Gasteiger partial charge in [0.2, 0.25) is 0 Å². The highest BCUT2D eigenvalue weighted by molar-refractivity contribution is 6.30. The van der Waals surface area contributed by atoms with E-state index < -0.39 is 0 Å². The molecule has 76 valence electrons. The number of hydrogen-bond acceptors (Lipinski definition) is 3. The average molecular weight is 200 g/mol. The van der Waals surface area contributed by atoms with Crippen LogP contribution >= 0.6 is 0 Å². The lowest BCUT2D eigenvalue weighted by Crippen LogP contribution is -2.07. The Morgan fingerprint density at radius 2 is 2.20 bits per heavy atom. The zero-order chi connectivity index (χ0) is 10.7. The Balaban J connectivity index is 2.29. The summed E-state index contributed by atoms with van der Waals surface area (Å²) in [6, 6.07) is 7.86. The van der Waals surface area contributed by atoms with Crippen LogP contribution in [-0.4, -0.2) is 18.0 Å². The smallest absolute Gasteiger partial charge is 0.163 e. The van der Waals surface area contributed by atoms with Gasteiger partial charge in [0.05, 0.1) is 5.69 Å². The lowest BCUT2D eigenvalue weighted by Gasteiger charge is -1.95.